The number of hydrogen-bond donors (Lipinski definition) is 2. The summed E-state index contributed by atoms with van der Waals surface area (Å²) >= 11 is 0. The molecule has 0 bridgehead atoms. The number of aromatic nitrogens is 4. The van der Waals surface area contributed by atoms with Gasteiger partial charge in [-0.3, -0.25) is 4.79 Å². The first-order chi connectivity index (χ1) is 10.9. The lowest BCUT2D eigenvalue weighted by Crippen LogP contribution is -2.17. The van der Waals surface area contributed by atoms with Crippen LogP contribution in [-0.2, 0) is 11.2 Å². The Hall–Kier alpha value is -2.96. The molecule has 23 heavy (non-hydrogen) atoms. The Morgan fingerprint density at radius 1 is 1.17 bits per heavy atom. The summed E-state index contributed by atoms with van der Waals surface area (Å²) in [4.78, 5) is 20.7. The average molecular weight is 310 g/mol. The molecule has 2 aromatic heterocycles. The second kappa shape index (κ2) is 5.68. The summed E-state index contributed by atoms with van der Waals surface area (Å²) in [6, 6.07) is 7.68. The van der Waals surface area contributed by atoms with Crippen LogP contribution in [0.25, 0.3) is 5.78 Å². The molecule has 2 heterocycles. The van der Waals surface area contributed by atoms with E-state index in [-0.39, 0.29) is 18.3 Å². The Morgan fingerprint density at radius 3 is 2.57 bits per heavy atom. The highest BCUT2D eigenvalue weighted by Crippen LogP contribution is 2.16. The molecule has 0 spiro atoms. The van der Waals surface area contributed by atoms with Crippen LogP contribution in [0.1, 0.15) is 22.5 Å². The number of hydrogen-bond acceptors (Lipinski definition) is 5. The highest BCUT2D eigenvalue weighted by Gasteiger charge is 2.15. The standard InChI is InChI=1S/C16H18N6O/c1-9-4-6-12(7-5-9)19-14(23)8-13-10(2)18-16-20-15(17)21-22(16)11(13)3/h4-7H,8H2,1-3H3,(H2,17,21)(H,19,23). The minimum Gasteiger partial charge on any atom is -0.366 e. The molecule has 0 atom stereocenters. The summed E-state index contributed by atoms with van der Waals surface area (Å²) in [6.45, 7) is 5.74. The Morgan fingerprint density at radius 2 is 1.87 bits per heavy atom. The van der Waals surface area contributed by atoms with Gasteiger partial charge < -0.3 is 11.1 Å². The molecule has 0 aliphatic heterocycles. The van der Waals surface area contributed by atoms with E-state index in [4.69, 9.17) is 5.73 Å². The first-order valence-electron chi connectivity index (χ1n) is 7.29. The summed E-state index contributed by atoms with van der Waals surface area (Å²) in [7, 11) is 0. The predicted molar refractivity (Wildman–Crippen MR) is 88.2 cm³/mol. The van der Waals surface area contributed by atoms with Gasteiger partial charge in [0.2, 0.25) is 11.9 Å². The molecule has 7 heteroatoms. The Balaban J connectivity index is 1.85. The maximum Gasteiger partial charge on any atom is 0.254 e. The van der Waals surface area contributed by atoms with Gasteiger partial charge in [0, 0.05) is 22.6 Å². The van der Waals surface area contributed by atoms with Gasteiger partial charge in [0.15, 0.2) is 0 Å². The van der Waals surface area contributed by atoms with Gasteiger partial charge >= 0.3 is 0 Å². The maximum atomic E-state index is 12.3. The lowest BCUT2D eigenvalue weighted by molar-refractivity contribution is -0.115. The van der Waals surface area contributed by atoms with Gasteiger partial charge in [-0.05, 0) is 32.9 Å². The van der Waals surface area contributed by atoms with Crippen LogP contribution < -0.4 is 11.1 Å². The molecule has 0 saturated heterocycles. The molecule has 118 valence electrons. The van der Waals surface area contributed by atoms with Gasteiger partial charge in [0.25, 0.3) is 5.78 Å². The molecule has 3 aromatic rings. The zero-order valence-electron chi connectivity index (χ0n) is 13.3. The molecular formula is C16H18N6O. The van der Waals surface area contributed by atoms with Gasteiger partial charge in [-0.15, -0.1) is 5.10 Å². The normalized spacial score (nSPS) is 10.9. The van der Waals surface area contributed by atoms with Gasteiger partial charge in [-0.2, -0.15) is 9.50 Å². The summed E-state index contributed by atoms with van der Waals surface area (Å²) in [6.07, 6.45) is 0.217. The second-order valence-electron chi connectivity index (χ2n) is 5.53. The molecule has 1 amide bonds. The fourth-order valence-corrected chi connectivity index (χ4v) is 2.48. The fourth-order valence-electron chi connectivity index (χ4n) is 2.48. The molecule has 0 saturated carbocycles. The van der Waals surface area contributed by atoms with Crippen molar-refractivity contribution in [3.63, 3.8) is 0 Å². The van der Waals surface area contributed by atoms with Crippen molar-refractivity contribution in [1.82, 2.24) is 19.6 Å². The Labute approximate surface area is 133 Å². The lowest BCUT2D eigenvalue weighted by Gasteiger charge is -2.11. The second-order valence-corrected chi connectivity index (χ2v) is 5.53. The molecule has 0 aliphatic rings. The highest BCUT2D eigenvalue weighted by molar-refractivity contribution is 5.92. The number of carbonyl (C=O) groups is 1. The van der Waals surface area contributed by atoms with Gasteiger partial charge in [-0.25, -0.2) is 4.98 Å². The highest BCUT2D eigenvalue weighted by atomic mass is 16.1. The molecule has 0 aliphatic carbocycles. The number of benzene rings is 1. The number of amides is 1. The van der Waals surface area contributed by atoms with Crippen molar-refractivity contribution >= 4 is 23.3 Å². The van der Waals surface area contributed by atoms with Crippen LogP contribution in [0.3, 0.4) is 0 Å². The molecule has 0 radical (unpaired) electrons. The molecular weight excluding hydrogens is 292 g/mol. The van der Waals surface area contributed by atoms with Crippen molar-refractivity contribution in [2.24, 2.45) is 0 Å². The minimum absolute atomic E-state index is 0.103. The van der Waals surface area contributed by atoms with Crippen molar-refractivity contribution in [2.45, 2.75) is 27.2 Å². The summed E-state index contributed by atoms with van der Waals surface area (Å²) in [5.41, 5.74) is 9.93. The van der Waals surface area contributed by atoms with Gasteiger partial charge in [0.05, 0.1) is 6.42 Å². The van der Waals surface area contributed by atoms with E-state index in [1.54, 1.807) is 4.52 Å². The molecule has 3 rings (SSSR count). The van der Waals surface area contributed by atoms with E-state index in [0.29, 0.717) is 5.78 Å². The summed E-state index contributed by atoms with van der Waals surface area (Å²) < 4.78 is 1.57. The number of rotatable bonds is 3. The number of nitrogens with one attached hydrogen (secondary N) is 1. The van der Waals surface area contributed by atoms with E-state index < -0.39 is 0 Å². The lowest BCUT2D eigenvalue weighted by atomic mass is 10.1. The topological polar surface area (TPSA) is 98.2 Å². The number of nitrogen functional groups attached to an aromatic ring is 1. The van der Waals surface area contributed by atoms with Gasteiger partial charge in [0.1, 0.15) is 0 Å². The third-order valence-electron chi connectivity index (χ3n) is 3.74. The van der Waals surface area contributed by atoms with Crippen molar-refractivity contribution in [3.8, 4) is 0 Å². The van der Waals surface area contributed by atoms with Crippen LogP contribution in [0.15, 0.2) is 24.3 Å². The summed E-state index contributed by atoms with van der Waals surface area (Å²) in [5.74, 6) is 0.510. The monoisotopic (exact) mass is 310 g/mol. The molecule has 1 aromatic carbocycles. The number of nitrogens with zero attached hydrogens (tertiary/aromatic N) is 4. The number of fused-ring (bicyclic) bond motifs is 1. The van der Waals surface area contributed by atoms with E-state index >= 15 is 0 Å². The van der Waals surface area contributed by atoms with Crippen LogP contribution in [-0.4, -0.2) is 25.5 Å². The number of carbonyl (C=O) groups excluding carboxylic acids is 1. The Bertz CT molecular complexity index is 882. The number of anilines is 2. The molecule has 0 unspecified atom stereocenters. The number of nitrogens with two attached hydrogens (primary N) is 1. The zero-order valence-corrected chi connectivity index (χ0v) is 13.3. The SMILES string of the molecule is Cc1ccc(NC(=O)Cc2c(C)nc3nc(N)nn3c2C)cc1. The third kappa shape index (κ3) is 2.98. The summed E-state index contributed by atoms with van der Waals surface area (Å²) in [5, 5.41) is 6.99. The molecule has 7 nitrogen and oxygen atoms in total. The first-order valence-corrected chi connectivity index (χ1v) is 7.29. The van der Waals surface area contributed by atoms with E-state index in [0.717, 1.165) is 28.2 Å². The third-order valence-corrected chi connectivity index (χ3v) is 3.74. The maximum absolute atomic E-state index is 12.3. The fraction of sp³-hybridized carbons (Fsp3) is 0.250. The van der Waals surface area contributed by atoms with Crippen molar-refractivity contribution < 1.29 is 4.79 Å². The molecule has 3 N–H and O–H groups in total. The van der Waals surface area contributed by atoms with Gasteiger partial charge in [-0.1, -0.05) is 17.7 Å². The van der Waals surface area contributed by atoms with Crippen LogP contribution in [0, 0.1) is 20.8 Å². The smallest absolute Gasteiger partial charge is 0.254 e. The van der Waals surface area contributed by atoms with Crippen LogP contribution in [0.2, 0.25) is 0 Å². The van der Waals surface area contributed by atoms with Crippen molar-refractivity contribution in [3.05, 3.63) is 46.8 Å². The van der Waals surface area contributed by atoms with Crippen LogP contribution in [0.5, 0.6) is 0 Å². The number of aryl methyl sites for hydroxylation is 3. The quantitative estimate of drug-likeness (QED) is 0.769. The van der Waals surface area contributed by atoms with Crippen molar-refractivity contribution in [1.29, 1.82) is 0 Å². The minimum atomic E-state index is -0.103. The van der Waals surface area contributed by atoms with E-state index in [9.17, 15) is 4.79 Å². The van der Waals surface area contributed by atoms with E-state index in [1.165, 1.54) is 0 Å². The first kappa shape index (κ1) is 15.0. The Kier molecular flexibility index (Phi) is 3.69. The average Bonchev–Trinajstić information content (AvgIpc) is 2.86. The largest absolute Gasteiger partial charge is 0.366 e. The zero-order chi connectivity index (χ0) is 16.6. The molecule has 0 fully saturated rings. The van der Waals surface area contributed by atoms with Crippen molar-refractivity contribution in [2.75, 3.05) is 11.1 Å². The van der Waals surface area contributed by atoms with Crippen LogP contribution in [0.4, 0.5) is 11.6 Å². The van der Waals surface area contributed by atoms with Crippen LogP contribution >= 0.6 is 0 Å². The van der Waals surface area contributed by atoms with E-state index in [2.05, 4.69) is 20.4 Å². The predicted octanol–water partition coefficient (Wildman–Crippen LogP) is 1.81. The van der Waals surface area contributed by atoms with E-state index in [1.807, 2.05) is 45.0 Å².